The van der Waals surface area contributed by atoms with Gasteiger partial charge in [0.1, 0.15) is 24.8 Å². The van der Waals surface area contributed by atoms with Crippen molar-refractivity contribution in [2.45, 2.75) is 45.4 Å². The number of carbonyl (C=O) groups excluding carboxylic acids is 3. The molecule has 2 rings (SSSR count). The molecule has 2 amide bonds. The van der Waals surface area contributed by atoms with Crippen molar-refractivity contribution in [3.63, 3.8) is 0 Å². The van der Waals surface area contributed by atoms with Crippen LogP contribution < -0.4 is 0 Å². The topological polar surface area (TPSA) is 94.6 Å². The largest absolute Gasteiger partial charge is 0.459 e. The van der Waals surface area contributed by atoms with Gasteiger partial charge in [0.05, 0.1) is 13.7 Å². The van der Waals surface area contributed by atoms with E-state index in [2.05, 4.69) is 4.89 Å². The van der Waals surface area contributed by atoms with E-state index < -0.39 is 29.6 Å². The Bertz CT molecular complexity index is 758. The second-order valence-electron chi connectivity index (χ2n) is 7.59. The summed E-state index contributed by atoms with van der Waals surface area (Å²) in [5.41, 5.74) is 0.155. The van der Waals surface area contributed by atoms with Gasteiger partial charge in [-0.15, -0.1) is 0 Å². The van der Waals surface area contributed by atoms with Gasteiger partial charge in [-0.2, -0.15) is 0 Å². The average Bonchev–Trinajstić information content (AvgIpc) is 2.68. The first-order valence-electron chi connectivity index (χ1n) is 9.56. The molecular weight excluding hydrogens is 392 g/mol. The lowest BCUT2D eigenvalue weighted by Gasteiger charge is -2.34. The zero-order valence-electron chi connectivity index (χ0n) is 17.7. The maximum Gasteiger partial charge on any atom is 0.414 e. The molecule has 0 bridgehead atoms. The standard InChI is InChI=1S/C21H28N2O7/c1-21(2,3)30-18(24)14-22-11-12-23(17(19(22)25)10-13-29-27-4)20(26)28-15-16-8-6-5-7-9-16/h5-9,11-12,17H,10,13-15H2,1-4H3/t17-/m0/s1. The Morgan fingerprint density at radius 1 is 1.10 bits per heavy atom. The number of benzene rings is 1. The minimum atomic E-state index is -0.907. The summed E-state index contributed by atoms with van der Waals surface area (Å²) in [4.78, 5) is 49.5. The van der Waals surface area contributed by atoms with Crippen LogP contribution in [0, 0.1) is 0 Å². The quantitative estimate of drug-likeness (QED) is 0.276. The van der Waals surface area contributed by atoms with Crippen molar-refractivity contribution in [2.24, 2.45) is 0 Å². The number of carbonyl (C=O) groups is 3. The number of nitrogens with zero attached hydrogens (tertiary/aromatic N) is 2. The third-order valence-corrected chi connectivity index (χ3v) is 4.04. The fraction of sp³-hybridized carbons (Fsp3) is 0.476. The highest BCUT2D eigenvalue weighted by molar-refractivity contribution is 5.90. The molecule has 164 valence electrons. The normalized spacial score (nSPS) is 16.5. The first-order chi connectivity index (χ1) is 14.2. The molecule has 0 aromatic heterocycles. The van der Waals surface area contributed by atoms with Gasteiger partial charge in [0, 0.05) is 18.8 Å². The molecule has 0 spiro atoms. The lowest BCUT2D eigenvalue weighted by atomic mass is 10.1. The molecule has 0 aliphatic carbocycles. The molecule has 1 aliphatic rings. The van der Waals surface area contributed by atoms with Crippen LogP contribution in [0.25, 0.3) is 0 Å². The summed E-state index contributed by atoms with van der Waals surface area (Å²) in [7, 11) is 1.35. The summed E-state index contributed by atoms with van der Waals surface area (Å²) in [6.07, 6.45) is 2.26. The Morgan fingerprint density at radius 2 is 1.80 bits per heavy atom. The molecule has 0 N–H and O–H groups in total. The molecule has 0 unspecified atom stereocenters. The van der Waals surface area contributed by atoms with Crippen molar-refractivity contribution in [3.05, 3.63) is 48.3 Å². The van der Waals surface area contributed by atoms with E-state index in [0.29, 0.717) is 0 Å². The fourth-order valence-corrected chi connectivity index (χ4v) is 2.77. The number of amides is 2. The number of rotatable bonds is 8. The third kappa shape index (κ3) is 7.16. The molecule has 9 nitrogen and oxygen atoms in total. The van der Waals surface area contributed by atoms with E-state index in [4.69, 9.17) is 14.4 Å². The monoisotopic (exact) mass is 420 g/mol. The zero-order chi connectivity index (χ0) is 22.1. The Labute approximate surface area is 176 Å². The highest BCUT2D eigenvalue weighted by Gasteiger charge is 2.36. The van der Waals surface area contributed by atoms with E-state index in [0.717, 1.165) is 5.56 Å². The second-order valence-corrected chi connectivity index (χ2v) is 7.59. The van der Waals surface area contributed by atoms with Crippen molar-refractivity contribution >= 4 is 18.0 Å². The van der Waals surface area contributed by atoms with Crippen LogP contribution in [0.4, 0.5) is 4.79 Å². The number of hydrogen-bond acceptors (Lipinski definition) is 7. The van der Waals surface area contributed by atoms with Gasteiger partial charge in [-0.25, -0.2) is 14.6 Å². The van der Waals surface area contributed by atoms with Gasteiger partial charge in [0.25, 0.3) is 5.91 Å². The molecule has 1 aromatic rings. The van der Waals surface area contributed by atoms with Gasteiger partial charge in [0.15, 0.2) is 0 Å². The summed E-state index contributed by atoms with van der Waals surface area (Å²) >= 11 is 0. The average molecular weight is 420 g/mol. The number of ether oxygens (including phenoxy) is 2. The SMILES string of the molecule is COOCC[C@H]1C(=O)N(CC(=O)OC(C)(C)C)C=CN1C(=O)OCc1ccccc1. The number of esters is 1. The maximum absolute atomic E-state index is 12.9. The van der Waals surface area contributed by atoms with Crippen LogP contribution >= 0.6 is 0 Å². The van der Waals surface area contributed by atoms with Crippen LogP contribution in [0.15, 0.2) is 42.7 Å². The van der Waals surface area contributed by atoms with Crippen molar-refractivity contribution in [3.8, 4) is 0 Å². The van der Waals surface area contributed by atoms with Crippen LogP contribution in [0.5, 0.6) is 0 Å². The minimum absolute atomic E-state index is 0.0706. The highest BCUT2D eigenvalue weighted by atomic mass is 17.2. The summed E-state index contributed by atoms with van der Waals surface area (Å²) in [5, 5.41) is 0. The van der Waals surface area contributed by atoms with Crippen LogP contribution in [0.1, 0.15) is 32.8 Å². The molecular formula is C21H28N2O7. The molecule has 30 heavy (non-hydrogen) atoms. The molecule has 0 saturated carbocycles. The number of hydrogen-bond donors (Lipinski definition) is 0. The van der Waals surface area contributed by atoms with E-state index in [9.17, 15) is 14.4 Å². The Morgan fingerprint density at radius 3 is 2.43 bits per heavy atom. The van der Waals surface area contributed by atoms with E-state index in [-0.39, 0.29) is 26.2 Å². The summed E-state index contributed by atoms with van der Waals surface area (Å²) < 4.78 is 10.6. The molecule has 0 fully saturated rings. The molecule has 1 aliphatic heterocycles. The molecule has 0 saturated heterocycles. The third-order valence-electron chi connectivity index (χ3n) is 4.04. The van der Waals surface area contributed by atoms with E-state index in [1.165, 1.54) is 29.3 Å². The fourth-order valence-electron chi connectivity index (χ4n) is 2.77. The molecule has 1 atom stereocenters. The molecule has 1 heterocycles. The maximum atomic E-state index is 12.9. The summed E-state index contributed by atoms with van der Waals surface area (Å²) in [6.45, 7) is 5.11. The summed E-state index contributed by atoms with van der Waals surface area (Å²) in [6, 6.07) is 8.30. The lowest BCUT2D eigenvalue weighted by molar-refractivity contribution is -0.273. The van der Waals surface area contributed by atoms with E-state index in [1.807, 2.05) is 30.3 Å². The Kier molecular flexibility index (Phi) is 8.37. The summed E-state index contributed by atoms with van der Waals surface area (Å²) in [5.74, 6) is -0.993. The van der Waals surface area contributed by atoms with Crippen LogP contribution in [0.3, 0.4) is 0 Å². The van der Waals surface area contributed by atoms with Crippen molar-refractivity contribution in [1.29, 1.82) is 0 Å². The van der Waals surface area contributed by atoms with Crippen LogP contribution in [-0.2, 0) is 35.4 Å². The molecule has 9 heteroatoms. The van der Waals surface area contributed by atoms with Gasteiger partial charge < -0.3 is 14.4 Å². The molecule has 1 aromatic carbocycles. The smallest absolute Gasteiger partial charge is 0.414 e. The van der Waals surface area contributed by atoms with E-state index in [1.54, 1.807) is 20.8 Å². The van der Waals surface area contributed by atoms with Gasteiger partial charge in [0.2, 0.25) is 0 Å². The Balaban J connectivity index is 2.08. The lowest BCUT2D eigenvalue weighted by Crippen LogP contribution is -2.52. The van der Waals surface area contributed by atoms with Crippen molar-refractivity contribution in [1.82, 2.24) is 9.80 Å². The van der Waals surface area contributed by atoms with Crippen molar-refractivity contribution in [2.75, 3.05) is 20.3 Å². The molecule has 0 radical (unpaired) electrons. The Hall–Kier alpha value is -2.91. The van der Waals surface area contributed by atoms with E-state index >= 15 is 0 Å². The van der Waals surface area contributed by atoms with Gasteiger partial charge in [-0.1, -0.05) is 30.3 Å². The predicted molar refractivity (Wildman–Crippen MR) is 107 cm³/mol. The van der Waals surface area contributed by atoms with Gasteiger partial charge in [-0.05, 0) is 26.3 Å². The second kappa shape index (κ2) is 10.7. The first-order valence-corrected chi connectivity index (χ1v) is 9.56. The van der Waals surface area contributed by atoms with Crippen LogP contribution in [-0.4, -0.2) is 59.7 Å². The van der Waals surface area contributed by atoms with Gasteiger partial charge >= 0.3 is 12.1 Å². The van der Waals surface area contributed by atoms with Crippen LogP contribution in [0.2, 0.25) is 0 Å². The van der Waals surface area contributed by atoms with Gasteiger partial charge in [-0.3, -0.25) is 14.5 Å². The van der Waals surface area contributed by atoms with Crippen molar-refractivity contribution < 1.29 is 33.6 Å². The highest BCUT2D eigenvalue weighted by Crippen LogP contribution is 2.19. The minimum Gasteiger partial charge on any atom is -0.459 e. The zero-order valence-corrected chi connectivity index (χ0v) is 17.7. The first kappa shape index (κ1) is 23.4. The predicted octanol–water partition coefficient (Wildman–Crippen LogP) is 2.62.